The number of hydrogen-bond donors (Lipinski definition) is 1. The molecule has 0 aliphatic carbocycles. The minimum atomic E-state index is -0.308. The molecule has 0 aliphatic heterocycles. The van der Waals surface area contributed by atoms with Crippen LogP contribution in [0.1, 0.15) is 16.7 Å². The van der Waals surface area contributed by atoms with E-state index in [9.17, 15) is 4.79 Å². The SMILES string of the molecule is COC(=O)Cc1ccc(OCc2ccccc2Cl)c(CC#CCO)c1. The van der Waals surface area contributed by atoms with E-state index in [1.165, 1.54) is 7.11 Å². The average molecular weight is 359 g/mol. The van der Waals surface area contributed by atoms with Crippen molar-refractivity contribution in [3.05, 3.63) is 64.2 Å². The molecule has 0 bridgehead atoms. The van der Waals surface area contributed by atoms with Gasteiger partial charge in [-0.2, -0.15) is 0 Å². The molecule has 0 atom stereocenters. The highest BCUT2D eigenvalue weighted by Gasteiger charge is 2.09. The van der Waals surface area contributed by atoms with E-state index in [0.717, 1.165) is 16.7 Å². The molecule has 0 saturated heterocycles. The second-order valence-corrected chi connectivity index (χ2v) is 5.67. The number of hydrogen-bond acceptors (Lipinski definition) is 4. The van der Waals surface area contributed by atoms with Crippen molar-refractivity contribution in [3.63, 3.8) is 0 Å². The molecule has 0 unspecified atom stereocenters. The third kappa shape index (κ3) is 5.82. The Kier molecular flexibility index (Phi) is 7.34. The highest BCUT2D eigenvalue weighted by molar-refractivity contribution is 6.31. The average Bonchev–Trinajstić information content (AvgIpc) is 2.62. The lowest BCUT2D eigenvalue weighted by molar-refractivity contribution is -0.139. The van der Waals surface area contributed by atoms with Crippen LogP contribution in [0.15, 0.2) is 42.5 Å². The van der Waals surface area contributed by atoms with E-state index in [1.54, 1.807) is 0 Å². The molecule has 0 radical (unpaired) electrons. The maximum atomic E-state index is 11.5. The summed E-state index contributed by atoms with van der Waals surface area (Å²) in [6.07, 6.45) is 0.592. The number of methoxy groups -OCH3 is 1. The molecule has 0 saturated carbocycles. The van der Waals surface area contributed by atoms with E-state index in [4.69, 9.17) is 26.2 Å². The first-order valence-corrected chi connectivity index (χ1v) is 8.13. The van der Waals surface area contributed by atoms with Gasteiger partial charge in [0.25, 0.3) is 0 Å². The molecule has 0 spiro atoms. The number of esters is 1. The highest BCUT2D eigenvalue weighted by Crippen LogP contribution is 2.24. The first-order chi connectivity index (χ1) is 12.1. The van der Waals surface area contributed by atoms with Crippen LogP contribution in [0.3, 0.4) is 0 Å². The zero-order valence-electron chi connectivity index (χ0n) is 13.9. The number of halogens is 1. The maximum absolute atomic E-state index is 11.5. The molecule has 5 heteroatoms. The molecule has 0 aliphatic rings. The molecule has 0 heterocycles. The largest absolute Gasteiger partial charge is 0.489 e. The molecule has 0 amide bonds. The van der Waals surface area contributed by atoms with Gasteiger partial charge >= 0.3 is 5.97 Å². The van der Waals surface area contributed by atoms with E-state index >= 15 is 0 Å². The van der Waals surface area contributed by atoms with Crippen LogP contribution in [0.4, 0.5) is 0 Å². The molecule has 2 rings (SSSR count). The van der Waals surface area contributed by atoms with E-state index in [-0.39, 0.29) is 19.0 Å². The van der Waals surface area contributed by atoms with Crippen LogP contribution in [0.2, 0.25) is 5.02 Å². The molecule has 0 aromatic heterocycles. The maximum Gasteiger partial charge on any atom is 0.309 e. The number of ether oxygens (including phenoxy) is 2. The molecule has 1 N–H and O–H groups in total. The molecular weight excluding hydrogens is 340 g/mol. The third-order valence-electron chi connectivity index (χ3n) is 3.52. The standard InChI is InChI=1S/C20H19ClO4/c1-24-20(23)13-15-9-10-19(16(12-15)6-4-5-11-22)25-14-17-7-2-3-8-18(17)21/h2-3,7-10,12,22H,6,11,13-14H2,1H3. The fourth-order valence-corrected chi connectivity index (χ4v) is 2.44. The molecule has 2 aromatic carbocycles. The van der Waals surface area contributed by atoms with Gasteiger partial charge in [0, 0.05) is 22.6 Å². The monoisotopic (exact) mass is 358 g/mol. The first kappa shape index (κ1) is 18.9. The Morgan fingerprint density at radius 1 is 1.16 bits per heavy atom. The summed E-state index contributed by atoms with van der Waals surface area (Å²) < 4.78 is 10.6. The van der Waals surface area contributed by atoms with Gasteiger partial charge in [0.1, 0.15) is 19.0 Å². The number of carbonyl (C=O) groups is 1. The fourth-order valence-electron chi connectivity index (χ4n) is 2.25. The smallest absolute Gasteiger partial charge is 0.309 e. The van der Waals surface area contributed by atoms with Gasteiger partial charge in [0.15, 0.2) is 0 Å². The van der Waals surface area contributed by atoms with Gasteiger partial charge in [-0.1, -0.05) is 53.8 Å². The Bertz CT molecular complexity index is 790. The quantitative estimate of drug-likeness (QED) is 0.636. The Balaban J connectivity index is 2.19. The predicted molar refractivity (Wildman–Crippen MR) is 96.5 cm³/mol. The number of aliphatic hydroxyl groups excluding tert-OH is 1. The van der Waals surface area contributed by atoms with Gasteiger partial charge in [-0.3, -0.25) is 4.79 Å². The van der Waals surface area contributed by atoms with Crippen molar-refractivity contribution < 1.29 is 19.4 Å². The van der Waals surface area contributed by atoms with Crippen molar-refractivity contribution in [1.82, 2.24) is 0 Å². The lowest BCUT2D eigenvalue weighted by atomic mass is 10.0. The lowest BCUT2D eigenvalue weighted by Gasteiger charge is -2.12. The van der Waals surface area contributed by atoms with Crippen molar-refractivity contribution in [2.24, 2.45) is 0 Å². The van der Waals surface area contributed by atoms with Crippen LogP contribution >= 0.6 is 11.6 Å². The van der Waals surface area contributed by atoms with Crippen molar-refractivity contribution >= 4 is 17.6 Å². The third-order valence-corrected chi connectivity index (χ3v) is 3.89. The number of rotatable bonds is 6. The minimum Gasteiger partial charge on any atom is -0.489 e. The minimum absolute atomic E-state index is 0.182. The van der Waals surface area contributed by atoms with Gasteiger partial charge in [0.05, 0.1) is 13.5 Å². The highest BCUT2D eigenvalue weighted by atomic mass is 35.5. The summed E-state index contributed by atoms with van der Waals surface area (Å²) in [5.74, 6) is 5.85. The van der Waals surface area contributed by atoms with E-state index < -0.39 is 0 Å². The van der Waals surface area contributed by atoms with Gasteiger partial charge < -0.3 is 14.6 Å². The van der Waals surface area contributed by atoms with Gasteiger partial charge in [-0.05, 0) is 17.7 Å². The van der Waals surface area contributed by atoms with Gasteiger partial charge in [0.2, 0.25) is 0 Å². The summed E-state index contributed by atoms with van der Waals surface area (Å²) in [6.45, 7) is 0.133. The Morgan fingerprint density at radius 2 is 1.96 bits per heavy atom. The first-order valence-electron chi connectivity index (χ1n) is 7.75. The topological polar surface area (TPSA) is 55.8 Å². The van der Waals surface area contributed by atoms with Crippen LogP contribution < -0.4 is 4.74 Å². The lowest BCUT2D eigenvalue weighted by Crippen LogP contribution is -2.06. The van der Waals surface area contributed by atoms with E-state index in [0.29, 0.717) is 23.8 Å². The molecule has 0 fully saturated rings. The molecule has 2 aromatic rings. The van der Waals surface area contributed by atoms with Crippen molar-refractivity contribution in [2.75, 3.05) is 13.7 Å². The predicted octanol–water partition coefficient (Wildman–Crippen LogP) is 3.17. The fraction of sp³-hybridized carbons (Fsp3) is 0.250. The van der Waals surface area contributed by atoms with E-state index in [2.05, 4.69) is 11.8 Å². The van der Waals surface area contributed by atoms with Crippen LogP contribution in [0.5, 0.6) is 5.75 Å². The van der Waals surface area contributed by atoms with E-state index in [1.807, 2.05) is 42.5 Å². The van der Waals surface area contributed by atoms with Crippen LogP contribution in [0, 0.1) is 11.8 Å². The second kappa shape index (κ2) is 9.73. The molecule has 130 valence electrons. The number of carbonyl (C=O) groups excluding carboxylic acids is 1. The van der Waals surface area contributed by atoms with Gasteiger partial charge in [-0.25, -0.2) is 0 Å². The summed E-state index contributed by atoms with van der Waals surface area (Å²) in [5.41, 5.74) is 2.54. The van der Waals surface area contributed by atoms with Gasteiger partial charge in [-0.15, -0.1) is 0 Å². The van der Waals surface area contributed by atoms with Crippen LogP contribution in [0.25, 0.3) is 0 Å². The summed E-state index contributed by atoms with van der Waals surface area (Å²) in [5, 5.41) is 9.47. The summed E-state index contributed by atoms with van der Waals surface area (Å²) in [7, 11) is 1.36. The summed E-state index contributed by atoms with van der Waals surface area (Å²) >= 11 is 6.15. The zero-order chi connectivity index (χ0) is 18.1. The Morgan fingerprint density at radius 3 is 2.68 bits per heavy atom. The van der Waals surface area contributed by atoms with Crippen LogP contribution in [-0.4, -0.2) is 24.8 Å². The summed E-state index contributed by atoms with van der Waals surface area (Å²) in [4.78, 5) is 11.5. The van der Waals surface area contributed by atoms with Crippen molar-refractivity contribution in [2.45, 2.75) is 19.4 Å². The van der Waals surface area contributed by atoms with Crippen molar-refractivity contribution in [1.29, 1.82) is 0 Å². The molecule has 4 nitrogen and oxygen atoms in total. The zero-order valence-corrected chi connectivity index (χ0v) is 14.7. The Labute approximate surface area is 152 Å². The number of aliphatic hydroxyl groups is 1. The second-order valence-electron chi connectivity index (χ2n) is 5.26. The summed E-state index contributed by atoms with van der Waals surface area (Å²) in [6, 6.07) is 13.0. The number of benzene rings is 2. The normalized spacial score (nSPS) is 9.88. The Hall–Kier alpha value is -2.48. The van der Waals surface area contributed by atoms with Crippen LogP contribution in [-0.2, 0) is 29.0 Å². The molecular formula is C20H19ClO4. The molecule has 25 heavy (non-hydrogen) atoms. The van der Waals surface area contributed by atoms with Crippen molar-refractivity contribution in [3.8, 4) is 17.6 Å².